The van der Waals surface area contributed by atoms with Gasteiger partial charge in [-0.3, -0.25) is 0 Å². The number of aryl methyl sites for hydroxylation is 1. The summed E-state index contributed by atoms with van der Waals surface area (Å²) in [6.45, 7) is 3.40. The van der Waals surface area contributed by atoms with Crippen molar-refractivity contribution >= 4 is 31.9 Å². The third-order valence-electron chi connectivity index (χ3n) is 3.87. The van der Waals surface area contributed by atoms with E-state index in [0.29, 0.717) is 0 Å². The van der Waals surface area contributed by atoms with Crippen LogP contribution in [0.3, 0.4) is 0 Å². The third-order valence-corrected chi connectivity index (χ3v) is 4.74. The molecule has 1 nitrogen and oxygen atoms in total. The Morgan fingerprint density at radius 2 is 1.14 bits per heavy atom. The van der Waals surface area contributed by atoms with Crippen molar-refractivity contribution in [3.8, 4) is 0 Å². The van der Waals surface area contributed by atoms with Gasteiger partial charge in [-0.2, -0.15) is 0 Å². The molecular formula is C18H30Br2N+. The van der Waals surface area contributed by atoms with Crippen molar-refractivity contribution in [1.29, 1.82) is 0 Å². The zero-order chi connectivity index (χ0) is 15.3. The number of aromatic nitrogens is 1. The lowest BCUT2D eigenvalue weighted by Crippen LogP contribution is -2.32. The van der Waals surface area contributed by atoms with Crippen LogP contribution in [-0.2, 0) is 6.54 Å². The molecule has 1 heterocycles. The molecule has 0 aliphatic rings. The van der Waals surface area contributed by atoms with Gasteiger partial charge in [0, 0.05) is 6.42 Å². The first kappa shape index (κ1) is 19.2. The van der Waals surface area contributed by atoms with E-state index in [1.54, 1.807) is 0 Å². The normalized spacial score (nSPS) is 11.0. The summed E-state index contributed by atoms with van der Waals surface area (Å²) in [5, 5.41) is 0. The molecule has 0 saturated heterocycles. The minimum Gasteiger partial charge on any atom is -0.203 e. The molecule has 1 rings (SSSR count). The van der Waals surface area contributed by atoms with Gasteiger partial charge >= 0.3 is 0 Å². The fourth-order valence-corrected chi connectivity index (χ4v) is 3.97. The molecule has 0 fully saturated rings. The van der Waals surface area contributed by atoms with Crippen LogP contribution < -0.4 is 4.57 Å². The van der Waals surface area contributed by atoms with Gasteiger partial charge in [-0.15, -0.1) is 0 Å². The second-order valence-corrected chi connectivity index (χ2v) is 7.78. The van der Waals surface area contributed by atoms with E-state index < -0.39 is 0 Å². The van der Waals surface area contributed by atoms with Crippen molar-refractivity contribution in [3.63, 3.8) is 0 Å². The topological polar surface area (TPSA) is 3.88 Å². The molecule has 1 aromatic heterocycles. The zero-order valence-corrected chi connectivity index (χ0v) is 16.6. The molecule has 0 N–H and O–H groups in total. The number of hydrogen-bond acceptors (Lipinski definition) is 0. The summed E-state index contributed by atoms with van der Waals surface area (Å²) < 4.78 is 4.54. The number of halogens is 2. The van der Waals surface area contributed by atoms with Crippen molar-refractivity contribution in [2.75, 3.05) is 0 Å². The van der Waals surface area contributed by atoms with Crippen molar-refractivity contribution < 1.29 is 4.57 Å². The molecule has 0 saturated carbocycles. The highest BCUT2D eigenvalue weighted by molar-refractivity contribution is 9.11. The van der Waals surface area contributed by atoms with Gasteiger partial charge in [0.1, 0.15) is 6.54 Å². The van der Waals surface area contributed by atoms with Crippen LogP contribution in [0.5, 0.6) is 0 Å². The molecule has 0 spiro atoms. The van der Waals surface area contributed by atoms with Gasteiger partial charge in [-0.25, -0.2) is 4.57 Å². The monoisotopic (exact) mass is 418 g/mol. The van der Waals surface area contributed by atoms with E-state index in [1.807, 2.05) is 0 Å². The predicted molar refractivity (Wildman–Crippen MR) is 98.5 cm³/mol. The van der Waals surface area contributed by atoms with E-state index in [1.165, 1.54) is 70.6 Å². The Balaban J connectivity index is 1.93. The van der Waals surface area contributed by atoms with Crippen molar-refractivity contribution in [2.24, 2.45) is 0 Å². The first-order chi connectivity index (χ1) is 10.2. The molecule has 21 heavy (non-hydrogen) atoms. The van der Waals surface area contributed by atoms with Gasteiger partial charge in [0.25, 0.3) is 0 Å². The molecule has 0 aliphatic carbocycles. The molecule has 0 aliphatic heterocycles. The van der Waals surface area contributed by atoms with E-state index in [9.17, 15) is 0 Å². The summed E-state index contributed by atoms with van der Waals surface area (Å²) in [6.07, 6.45) is 19.7. The highest BCUT2D eigenvalue weighted by atomic mass is 79.9. The first-order valence-electron chi connectivity index (χ1n) is 8.57. The van der Waals surface area contributed by atoms with Gasteiger partial charge in [-0.05, 0) is 44.3 Å². The van der Waals surface area contributed by atoms with Crippen LogP contribution in [0.25, 0.3) is 0 Å². The summed E-state index contributed by atoms with van der Waals surface area (Å²) >= 11 is 7.07. The average Bonchev–Trinajstić information content (AvgIpc) is 2.44. The SMILES string of the molecule is CCCCCCCCCCCCC[n+]1cc(Br)cc(Br)c1. The molecule has 1 aromatic rings. The fourth-order valence-electron chi connectivity index (χ4n) is 2.65. The first-order valence-corrected chi connectivity index (χ1v) is 10.2. The Bertz CT molecular complexity index is 359. The summed E-state index contributed by atoms with van der Waals surface area (Å²) in [5.41, 5.74) is 0. The van der Waals surface area contributed by atoms with E-state index in [-0.39, 0.29) is 0 Å². The summed E-state index contributed by atoms with van der Waals surface area (Å²) in [5.74, 6) is 0. The largest absolute Gasteiger partial charge is 0.203 e. The second kappa shape index (κ2) is 12.6. The highest BCUT2D eigenvalue weighted by Gasteiger charge is 2.04. The molecule has 0 aromatic carbocycles. The summed E-state index contributed by atoms with van der Waals surface area (Å²) in [4.78, 5) is 0. The molecule has 0 radical (unpaired) electrons. The van der Waals surface area contributed by atoms with Crippen LogP contribution >= 0.6 is 31.9 Å². The summed E-state index contributed by atoms with van der Waals surface area (Å²) in [6, 6.07) is 2.08. The van der Waals surface area contributed by atoms with Gasteiger partial charge < -0.3 is 0 Å². The number of nitrogens with zero attached hydrogens (tertiary/aromatic N) is 1. The van der Waals surface area contributed by atoms with Gasteiger partial charge in [0.2, 0.25) is 0 Å². The molecular weight excluding hydrogens is 390 g/mol. The maximum Gasteiger partial charge on any atom is 0.183 e. The maximum atomic E-state index is 3.54. The minimum absolute atomic E-state index is 1.12. The van der Waals surface area contributed by atoms with E-state index in [0.717, 1.165) is 15.5 Å². The molecule has 0 atom stereocenters. The standard InChI is InChI=1S/C18H30Br2N/c1-2-3-4-5-6-7-8-9-10-11-12-13-21-15-17(19)14-18(20)16-21/h14-16H,2-13H2,1H3/q+1. The van der Waals surface area contributed by atoms with Crippen molar-refractivity contribution in [3.05, 3.63) is 27.4 Å². The lowest BCUT2D eigenvalue weighted by molar-refractivity contribution is -0.698. The molecule has 0 bridgehead atoms. The Hall–Kier alpha value is 0.110. The maximum absolute atomic E-state index is 3.54. The number of unbranched alkanes of at least 4 members (excludes halogenated alkanes) is 10. The molecule has 0 amide bonds. The lowest BCUT2D eigenvalue weighted by atomic mass is 10.1. The average molecular weight is 420 g/mol. The predicted octanol–water partition coefficient (Wildman–Crippen LogP) is 6.81. The number of pyridine rings is 1. The quantitative estimate of drug-likeness (QED) is 0.258. The van der Waals surface area contributed by atoms with Crippen LogP contribution in [0.2, 0.25) is 0 Å². The molecule has 3 heteroatoms. The van der Waals surface area contributed by atoms with Crippen molar-refractivity contribution in [1.82, 2.24) is 0 Å². The molecule has 120 valence electrons. The zero-order valence-electron chi connectivity index (χ0n) is 13.4. The van der Waals surface area contributed by atoms with Gasteiger partial charge in [0.05, 0.1) is 8.95 Å². The fraction of sp³-hybridized carbons (Fsp3) is 0.722. The van der Waals surface area contributed by atoms with Crippen LogP contribution in [0, 0.1) is 0 Å². The van der Waals surface area contributed by atoms with Crippen LogP contribution in [0.4, 0.5) is 0 Å². The highest BCUT2D eigenvalue weighted by Crippen LogP contribution is 2.14. The Morgan fingerprint density at radius 3 is 1.62 bits per heavy atom. The minimum atomic E-state index is 1.12. The van der Waals surface area contributed by atoms with Gasteiger partial charge in [0.15, 0.2) is 12.4 Å². The van der Waals surface area contributed by atoms with Crippen LogP contribution in [-0.4, -0.2) is 0 Å². The number of hydrogen-bond donors (Lipinski definition) is 0. The number of rotatable bonds is 12. The smallest absolute Gasteiger partial charge is 0.183 e. The molecule has 0 unspecified atom stereocenters. The Labute approximate surface area is 147 Å². The van der Waals surface area contributed by atoms with E-state index in [2.05, 4.69) is 61.8 Å². The third kappa shape index (κ3) is 10.5. The van der Waals surface area contributed by atoms with Gasteiger partial charge in [-0.1, -0.05) is 64.7 Å². The lowest BCUT2D eigenvalue weighted by Gasteiger charge is -2.02. The van der Waals surface area contributed by atoms with E-state index >= 15 is 0 Å². The van der Waals surface area contributed by atoms with Crippen LogP contribution in [0.15, 0.2) is 27.4 Å². The van der Waals surface area contributed by atoms with Crippen LogP contribution in [0.1, 0.15) is 77.6 Å². The van der Waals surface area contributed by atoms with E-state index in [4.69, 9.17) is 0 Å². The Morgan fingerprint density at radius 1 is 0.714 bits per heavy atom. The Kier molecular flexibility index (Phi) is 11.5. The summed E-state index contributed by atoms with van der Waals surface area (Å²) in [7, 11) is 0. The van der Waals surface area contributed by atoms with Crippen molar-refractivity contribution in [2.45, 2.75) is 84.1 Å². The second-order valence-electron chi connectivity index (χ2n) is 5.95.